The lowest BCUT2D eigenvalue weighted by Gasteiger charge is -2.23. The Labute approximate surface area is 119 Å². The second-order valence-electron chi connectivity index (χ2n) is 4.78. The standard InChI is InChI=1S/C15H22N2O3/c1-3-20-13-7-6-11(9-14(13)19-2)10-17-12-5-4-8-16-15(12)18/h6-7,9,12,17H,3-5,8,10H2,1-2H3,(H,16,18). The number of nitrogens with one attached hydrogen (secondary N) is 2. The summed E-state index contributed by atoms with van der Waals surface area (Å²) in [6, 6.07) is 5.74. The fraction of sp³-hybridized carbons (Fsp3) is 0.533. The van der Waals surface area contributed by atoms with E-state index in [2.05, 4.69) is 10.6 Å². The fourth-order valence-corrected chi connectivity index (χ4v) is 2.30. The topological polar surface area (TPSA) is 59.6 Å². The Bertz CT molecular complexity index is 462. The molecule has 1 aromatic rings. The molecule has 1 aliphatic heterocycles. The highest BCUT2D eigenvalue weighted by atomic mass is 16.5. The molecule has 1 heterocycles. The van der Waals surface area contributed by atoms with Crippen molar-refractivity contribution in [2.24, 2.45) is 0 Å². The molecule has 2 N–H and O–H groups in total. The number of rotatable bonds is 6. The van der Waals surface area contributed by atoms with E-state index in [1.54, 1.807) is 7.11 Å². The lowest BCUT2D eigenvalue weighted by molar-refractivity contribution is -0.124. The Morgan fingerprint density at radius 1 is 1.40 bits per heavy atom. The van der Waals surface area contributed by atoms with Gasteiger partial charge in [-0.3, -0.25) is 4.79 Å². The first-order valence-corrected chi connectivity index (χ1v) is 7.05. The van der Waals surface area contributed by atoms with Crippen molar-refractivity contribution in [3.05, 3.63) is 23.8 Å². The monoisotopic (exact) mass is 278 g/mol. The Morgan fingerprint density at radius 2 is 2.25 bits per heavy atom. The molecule has 0 bridgehead atoms. The average molecular weight is 278 g/mol. The van der Waals surface area contributed by atoms with E-state index < -0.39 is 0 Å². The van der Waals surface area contributed by atoms with Gasteiger partial charge in [0.05, 0.1) is 19.8 Å². The Kier molecular flexibility index (Phi) is 5.24. The first-order chi connectivity index (χ1) is 9.74. The van der Waals surface area contributed by atoms with Gasteiger partial charge < -0.3 is 20.1 Å². The van der Waals surface area contributed by atoms with Crippen molar-refractivity contribution in [2.75, 3.05) is 20.3 Å². The van der Waals surface area contributed by atoms with Crippen LogP contribution in [0.2, 0.25) is 0 Å². The van der Waals surface area contributed by atoms with Gasteiger partial charge >= 0.3 is 0 Å². The minimum atomic E-state index is -0.0960. The normalized spacial score (nSPS) is 18.5. The van der Waals surface area contributed by atoms with Crippen LogP contribution in [-0.2, 0) is 11.3 Å². The van der Waals surface area contributed by atoms with E-state index in [9.17, 15) is 4.79 Å². The summed E-state index contributed by atoms with van der Waals surface area (Å²) in [4.78, 5) is 11.7. The quantitative estimate of drug-likeness (QED) is 0.827. The summed E-state index contributed by atoms with van der Waals surface area (Å²) in [6.45, 7) is 3.97. The van der Waals surface area contributed by atoms with E-state index in [-0.39, 0.29) is 11.9 Å². The van der Waals surface area contributed by atoms with Gasteiger partial charge in [-0.2, -0.15) is 0 Å². The zero-order valence-corrected chi connectivity index (χ0v) is 12.1. The van der Waals surface area contributed by atoms with E-state index in [4.69, 9.17) is 9.47 Å². The third-order valence-corrected chi connectivity index (χ3v) is 3.37. The first kappa shape index (κ1) is 14.7. The molecule has 5 nitrogen and oxygen atoms in total. The van der Waals surface area contributed by atoms with Gasteiger partial charge in [-0.1, -0.05) is 6.07 Å². The second kappa shape index (κ2) is 7.14. The zero-order valence-electron chi connectivity index (χ0n) is 12.1. The highest BCUT2D eigenvalue weighted by molar-refractivity contribution is 5.82. The predicted octanol–water partition coefficient (Wildman–Crippen LogP) is 1.46. The Morgan fingerprint density at radius 3 is 2.95 bits per heavy atom. The highest BCUT2D eigenvalue weighted by Crippen LogP contribution is 2.28. The van der Waals surface area contributed by atoms with Crippen molar-refractivity contribution in [1.29, 1.82) is 0 Å². The minimum Gasteiger partial charge on any atom is -0.493 e. The van der Waals surface area contributed by atoms with Gasteiger partial charge in [0.1, 0.15) is 0 Å². The molecule has 0 saturated carbocycles. The van der Waals surface area contributed by atoms with Gasteiger partial charge in [-0.25, -0.2) is 0 Å². The molecule has 0 aliphatic carbocycles. The van der Waals surface area contributed by atoms with E-state index in [0.29, 0.717) is 13.2 Å². The molecule has 1 saturated heterocycles. The lowest BCUT2D eigenvalue weighted by Crippen LogP contribution is -2.47. The summed E-state index contributed by atoms with van der Waals surface area (Å²) in [5.74, 6) is 1.56. The second-order valence-corrected chi connectivity index (χ2v) is 4.78. The molecule has 20 heavy (non-hydrogen) atoms. The number of benzene rings is 1. The van der Waals surface area contributed by atoms with Gasteiger partial charge in [0.15, 0.2) is 11.5 Å². The van der Waals surface area contributed by atoms with Crippen LogP contribution in [0.5, 0.6) is 11.5 Å². The first-order valence-electron chi connectivity index (χ1n) is 7.05. The summed E-state index contributed by atoms with van der Waals surface area (Å²) in [7, 11) is 1.63. The smallest absolute Gasteiger partial charge is 0.237 e. The van der Waals surface area contributed by atoms with E-state index in [0.717, 1.165) is 36.4 Å². The molecule has 5 heteroatoms. The Balaban J connectivity index is 1.97. The molecule has 1 atom stereocenters. The molecule has 1 aliphatic rings. The third kappa shape index (κ3) is 3.63. The van der Waals surface area contributed by atoms with Crippen molar-refractivity contribution >= 4 is 5.91 Å². The van der Waals surface area contributed by atoms with Crippen molar-refractivity contribution in [2.45, 2.75) is 32.4 Å². The number of piperidine rings is 1. The van der Waals surface area contributed by atoms with Crippen molar-refractivity contribution in [3.63, 3.8) is 0 Å². The number of carbonyl (C=O) groups is 1. The summed E-state index contributed by atoms with van der Waals surface area (Å²) >= 11 is 0. The van der Waals surface area contributed by atoms with Gasteiger partial charge in [0.2, 0.25) is 5.91 Å². The molecule has 2 rings (SSSR count). The SMILES string of the molecule is CCOc1ccc(CNC2CCCNC2=O)cc1OC. The van der Waals surface area contributed by atoms with Crippen molar-refractivity contribution in [3.8, 4) is 11.5 Å². The highest BCUT2D eigenvalue weighted by Gasteiger charge is 2.21. The molecule has 0 radical (unpaired) electrons. The molecule has 1 aromatic carbocycles. The summed E-state index contributed by atoms with van der Waals surface area (Å²) in [5, 5.41) is 6.15. The van der Waals surface area contributed by atoms with Crippen LogP contribution in [0, 0.1) is 0 Å². The fourth-order valence-electron chi connectivity index (χ4n) is 2.30. The van der Waals surface area contributed by atoms with Crippen LogP contribution < -0.4 is 20.1 Å². The van der Waals surface area contributed by atoms with Crippen molar-refractivity contribution < 1.29 is 14.3 Å². The molecule has 110 valence electrons. The average Bonchev–Trinajstić information content (AvgIpc) is 2.48. The number of hydrogen-bond donors (Lipinski definition) is 2. The van der Waals surface area contributed by atoms with Gasteiger partial charge in [-0.05, 0) is 37.5 Å². The number of amides is 1. The molecule has 0 aromatic heterocycles. The summed E-state index contributed by atoms with van der Waals surface area (Å²) in [5.41, 5.74) is 1.07. The third-order valence-electron chi connectivity index (χ3n) is 3.37. The van der Waals surface area contributed by atoms with Crippen LogP contribution in [0.3, 0.4) is 0 Å². The molecular formula is C15H22N2O3. The lowest BCUT2D eigenvalue weighted by atomic mass is 10.1. The van der Waals surface area contributed by atoms with Crippen molar-refractivity contribution in [1.82, 2.24) is 10.6 Å². The maximum atomic E-state index is 11.7. The summed E-state index contributed by atoms with van der Waals surface area (Å²) < 4.78 is 10.8. The largest absolute Gasteiger partial charge is 0.493 e. The number of hydrogen-bond acceptors (Lipinski definition) is 4. The van der Waals surface area contributed by atoms with Gasteiger partial charge in [0, 0.05) is 13.1 Å². The molecular weight excluding hydrogens is 256 g/mol. The van der Waals surface area contributed by atoms with Crippen LogP contribution in [-0.4, -0.2) is 32.2 Å². The van der Waals surface area contributed by atoms with E-state index in [1.165, 1.54) is 0 Å². The van der Waals surface area contributed by atoms with E-state index in [1.807, 2.05) is 25.1 Å². The van der Waals surface area contributed by atoms with Gasteiger partial charge in [-0.15, -0.1) is 0 Å². The maximum Gasteiger partial charge on any atom is 0.237 e. The molecule has 1 amide bonds. The molecule has 0 spiro atoms. The zero-order chi connectivity index (χ0) is 14.4. The summed E-state index contributed by atoms with van der Waals surface area (Å²) in [6.07, 6.45) is 1.91. The van der Waals surface area contributed by atoms with Crippen LogP contribution in [0.25, 0.3) is 0 Å². The van der Waals surface area contributed by atoms with Crippen LogP contribution in [0.1, 0.15) is 25.3 Å². The number of carbonyl (C=O) groups excluding carboxylic acids is 1. The number of methoxy groups -OCH3 is 1. The van der Waals surface area contributed by atoms with Crippen LogP contribution in [0.15, 0.2) is 18.2 Å². The maximum absolute atomic E-state index is 11.7. The minimum absolute atomic E-state index is 0.0918. The van der Waals surface area contributed by atoms with Crippen LogP contribution in [0.4, 0.5) is 0 Å². The van der Waals surface area contributed by atoms with E-state index >= 15 is 0 Å². The predicted molar refractivity (Wildman–Crippen MR) is 77.0 cm³/mol. The van der Waals surface area contributed by atoms with Crippen LogP contribution >= 0.6 is 0 Å². The molecule has 1 unspecified atom stereocenters. The molecule has 1 fully saturated rings. The number of ether oxygens (including phenoxy) is 2. The van der Waals surface area contributed by atoms with Gasteiger partial charge in [0.25, 0.3) is 0 Å². The Hall–Kier alpha value is -1.75.